The van der Waals surface area contributed by atoms with Crippen LogP contribution in [0.3, 0.4) is 0 Å². The predicted molar refractivity (Wildman–Crippen MR) is 64.3 cm³/mol. The first-order valence-electron chi connectivity index (χ1n) is 6.37. The molecule has 0 spiro atoms. The minimum atomic E-state index is -0.283. The number of carbonyl (C=O) groups is 2. The minimum absolute atomic E-state index is 0.0715. The predicted octanol–water partition coefficient (Wildman–Crippen LogP) is 0.671. The van der Waals surface area contributed by atoms with Crippen LogP contribution < -0.4 is 5.73 Å². The van der Waals surface area contributed by atoms with Gasteiger partial charge in [0.1, 0.15) is 0 Å². The van der Waals surface area contributed by atoms with Crippen LogP contribution in [-0.2, 0) is 14.3 Å². The molecular weight excluding hydrogens is 220 g/mol. The molecule has 0 aromatic rings. The van der Waals surface area contributed by atoms with E-state index < -0.39 is 0 Å². The topological polar surface area (TPSA) is 72.6 Å². The van der Waals surface area contributed by atoms with E-state index in [9.17, 15) is 9.59 Å². The van der Waals surface area contributed by atoms with Gasteiger partial charge >= 0.3 is 5.97 Å². The SMILES string of the molecule is NCCCCCC(=O)OCC(=O)N1CCCC1. The number of carbonyl (C=O) groups excluding carboxylic acids is 2. The number of unbranched alkanes of at least 4 members (excludes halogenated alkanes) is 2. The lowest BCUT2D eigenvalue weighted by Crippen LogP contribution is -2.32. The third kappa shape index (κ3) is 5.68. The maximum absolute atomic E-state index is 11.6. The largest absolute Gasteiger partial charge is 0.456 e. The van der Waals surface area contributed by atoms with Gasteiger partial charge in [0, 0.05) is 19.5 Å². The Morgan fingerprint density at radius 1 is 1.12 bits per heavy atom. The zero-order valence-corrected chi connectivity index (χ0v) is 10.3. The lowest BCUT2D eigenvalue weighted by molar-refractivity contribution is -0.151. The molecule has 5 heteroatoms. The van der Waals surface area contributed by atoms with E-state index in [-0.39, 0.29) is 18.5 Å². The van der Waals surface area contributed by atoms with E-state index in [2.05, 4.69) is 0 Å². The van der Waals surface area contributed by atoms with Crippen LogP contribution in [0.2, 0.25) is 0 Å². The molecule has 17 heavy (non-hydrogen) atoms. The molecule has 1 aliphatic rings. The van der Waals surface area contributed by atoms with Crippen molar-refractivity contribution in [2.24, 2.45) is 5.73 Å². The van der Waals surface area contributed by atoms with Gasteiger partial charge < -0.3 is 15.4 Å². The highest BCUT2D eigenvalue weighted by atomic mass is 16.5. The maximum atomic E-state index is 11.6. The molecule has 0 atom stereocenters. The van der Waals surface area contributed by atoms with E-state index in [4.69, 9.17) is 10.5 Å². The summed E-state index contributed by atoms with van der Waals surface area (Å²) in [7, 11) is 0. The summed E-state index contributed by atoms with van der Waals surface area (Å²) in [6.07, 6.45) is 5.14. The average Bonchev–Trinajstić information content (AvgIpc) is 2.85. The van der Waals surface area contributed by atoms with Crippen molar-refractivity contribution < 1.29 is 14.3 Å². The van der Waals surface area contributed by atoms with Crippen LogP contribution in [0.1, 0.15) is 38.5 Å². The number of likely N-dealkylation sites (tertiary alicyclic amines) is 1. The van der Waals surface area contributed by atoms with Crippen molar-refractivity contribution in [1.29, 1.82) is 0 Å². The first kappa shape index (κ1) is 14.0. The number of ether oxygens (including phenoxy) is 1. The Morgan fingerprint density at radius 3 is 2.47 bits per heavy atom. The maximum Gasteiger partial charge on any atom is 0.306 e. The van der Waals surface area contributed by atoms with Crippen LogP contribution in [0.4, 0.5) is 0 Å². The van der Waals surface area contributed by atoms with Crippen molar-refractivity contribution in [2.75, 3.05) is 26.2 Å². The van der Waals surface area contributed by atoms with E-state index in [0.29, 0.717) is 13.0 Å². The molecule has 1 aliphatic heterocycles. The first-order chi connectivity index (χ1) is 8.24. The van der Waals surface area contributed by atoms with E-state index >= 15 is 0 Å². The Balaban J connectivity index is 2.04. The van der Waals surface area contributed by atoms with Crippen molar-refractivity contribution in [3.8, 4) is 0 Å². The first-order valence-corrected chi connectivity index (χ1v) is 6.37. The van der Waals surface area contributed by atoms with Gasteiger partial charge in [-0.3, -0.25) is 9.59 Å². The molecule has 0 saturated carbocycles. The van der Waals surface area contributed by atoms with Gasteiger partial charge in [-0.1, -0.05) is 6.42 Å². The molecule has 1 rings (SSSR count). The van der Waals surface area contributed by atoms with Gasteiger partial charge in [-0.2, -0.15) is 0 Å². The average molecular weight is 242 g/mol. The third-order valence-corrected chi connectivity index (χ3v) is 2.90. The quantitative estimate of drug-likeness (QED) is 0.526. The summed E-state index contributed by atoms with van der Waals surface area (Å²) in [5.74, 6) is -0.354. The molecule has 0 bridgehead atoms. The van der Waals surface area contributed by atoms with Gasteiger partial charge in [0.2, 0.25) is 0 Å². The highest BCUT2D eigenvalue weighted by Gasteiger charge is 2.18. The van der Waals surface area contributed by atoms with Gasteiger partial charge in [0.05, 0.1) is 0 Å². The molecule has 1 fully saturated rings. The summed E-state index contributed by atoms with van der Waals surface area (Å²) in [5, 5.41) is 0. The number of hydrogen-bond donors (Lipinski definition) is 1. The molecule has 5 nitrogen and oxygen atoms in total. The van der Waals surface area contributed by atoms with Crippen molar-refractivity contribution in [1.82, 2.24) is 4.90 Å². The molecule has 1 saturated heterocycles. The summed E-state index contributed by atoms with van der Waals surface area (Å²) in [6.45, 7) is 2.15. The van der Waals surface area contributed by atoms with Crippen molar-refractivity contribution in [2.45, 2.75) is 38.5 Å². The molecule has 1 heterocycles. The molecule has 0 aliphatic carbocycles. The fourth-order valence-electron chi connectivity index (χ4n) is 1.86. The van der Waals surface area contributed by atoms with Gasteiger partial charge in [-0.05, 0) is 32.2 Å². The Hall–Kier alpha value is -1.10. The van der Waals surface area contributed by atoms with Crippen molar-refractivity contribution in [3.05, 3.63) is 0 Å². The number of hydrogen-bond acceptors (Lipinski definition) is 4. The van der Waals surface area contributed by atoms with Crippen LogP contribution in [0.15, 0.2) is 0 Å². The minimum Gasteiger partial charge on any atom is -0.456 e. The van der Waals surface area contributed by atoms with Crippen LogP contribution in [0.25, 0.3) is 0 Å². The van der Waals surface area contributed by atoms with Crippen LogP contribution in [-0.4, -0.2) is 43.0 Å². The molecule has 0 unspecified atom stereocenters. The Kier molecular flexibility index (Phi) is 6.62. The Bertz CT molecular complexity index is 250. The smallest absolute Gasteiger partial charge is 0.306 e. The van der Waals surface area contributed by atoms with Gasteiger partial charge in [-0.15, -0.1) is 0 Å². The molecule has 98 valence electrons. The molecule has 0 radical (unpaired) electrons. The van der Waals surface area contributed by atoms with Crippen LogP contribution in [0.5, 0.6) is 0 Å². The van der Waals surface area contributed by atoms with Gasteiger partial charge in [-0.25, -0.2) is 0 Å². The fraction of sp³-hybridized carbons (Fsp3) is 0.833. The lowest BCUT2D eigenvalue weighted by Gasteiger charge is -2.14. The number of nitrogens with zero attached hydrogens (tertiary/aromatic N) is 1. The monoisotopic (exact) mass is 242 g/mol. The molecule has 0 aromatic carbocycles. The van der Waals surface area contributed by atoms with Crippen molar-refractivity contribution in [3.63, 3.8) is 0 Å². The van der Waals surface area contributed by atoms with Crippen molar-refractivity contribution >= 4 is 11.9 Å². The highest BCUT2D eigenvalue weighted by molar-refractivity contribution is 5.80. The van der Waals surface area contributed by atoms with Crippen LogP contribution in [0, 0.1) is 0 Å². The summed E-state index contributed by atoms with van der Waals surface area (Å²) in [6, 6.07) is 0. The van der Waals surface area contributed by atoms with Gasteiger partial charge in [0.25, 0.3) is 5.91 Å². The van der Waals surface area contributed by atoms with Crippen LogP contribution >= 0.6 is 0 Å². The lowest BCUT2D eigenvalue weighted by atomic mass is 10.2. The normalized spacial score (nSPS) is 15.0. The van der Waals surface area contributed by atoms with Gasteiger partial charge in [0.15, 0.2) is 6.61 Å². The zero-order valence-electron chi connectivity index (χ0n) is 10.3. The van der Waals surface area contributed by atoms with E-state index in [1.54, 1.807) is 4.90 Å². The standard InChI is InChI=1S/C12H22N2O3/c13-7-3-1-2-6-12(16)17-10-11(15)14-8-4-5-9-14/h1-10,13H2. The number of nitrogens with two attached hydrogens (primary N) is 1. The van der Waals surface area contributed by atoms with E-state index in [0.717, 1.165) is 45.2 Å². The Labute approximate surface area is 102 Å². The highest BCUT2D eigenvalue weighted by Crippen LogP contribution is 2.07. The Morgan fingerprint density at radius 2 is 1.82 bits per heavy atom. The second kappa shape index (κ2) is 8.06. The second-order valence-corrected chi connectivity index (χ2v) is 4.35. The summed E-state index contributed by atoms with van der Waals surface area (Å²) >= 11 is 0. The second-order valence-electron chi connectivity index (χ2n) is 4.35. The molecule has 1 amide bonds. The molecular formula is C12H22N2O3. The molecule has 0 aromatic heterocycles. The summed E-state index contributed by atoms with van der Waals surface area (Å²) in [5.41, 5.74) is 5.35. The van der Waals surface area contributed by atoms with E-state index in [1.807, 2.05) is 0 Å². The summed E-state index contributed by atoms with van der Waals surface area (Å²) in [4.78, 5) is 24.6. The zero-order chi connectivity index (χ0) is 12.5. The number of esters is 1. The summed E-state index contributed by atoms with van der Waals surface area (Å²) < 4.78 is 4.94. The third-order valence-electron chi connectivity index (χ3n) is 2.90. The molecule has 2 N–H and O–H groups in total. The van der Waals surface area contributed by atoms with E-state index in [1.165, 1.54) is 0 Å². The number of rotatable bonds is 7. The number of amides is 1. The fourth-order valence-corrected chi connectivity index (χ4v) is 1.86.